The van der Waals surface area contributed by atoms with Crippen LogP contribution in [0, 0.1) is 35.5 Å². The average molecular weight is 527 g/mol. The van der Waals surface area contributed by atoms with Gasteiger partial charge in [0.1, 0.15) is 0 Å². The number of hydrogen-bond donors (Lipinski definition) is 0. The fourth-order valence-corrected chi connectivity index (χ4v) is 6.77. The molecule has 2 saturated carbocycles. The fraction of sp³-hybridized carbons (Fsp3) is 0.514. The van der Waals surface area contributed by atoms with Crippen LogP contribution in [0.2, 0.25) is 0 Å². The summed E-state index contributed by atoms with van der Waals surface area (Å²) in [7, 11) is 0. The summed E-state index contributed by atoms with van der Waals surface area (Å²) in [4.78, 5) is 24.5. The van der Waals surface area contributed by atoms with E-state index in [1.54, 1.807) is 6.08 Å². The molecule has 0 amide bonds. The third kappa shape index (κ3) is 8.13. The number of Topliss-reactive ketones (excluding diaryl/α,β-unsaturated/α-hetero) is 1. The molecule has 39 heavy (non-hydrogen) atoms. The molecule has 0 aromatic rings. The van der Waals surface area contributed by atoms with Gasteiger partial charge >= 0.3 is 0 Å². The van der Waals surface area contributed by atoms with E-state index in [1.165, 1.54) is 44.9 Å². The highest BCUT2D eigenvalue weighted by Gasteiger charge is 2.56. The number of carbonyl (C=O) groups excluding carboxylic acids is 2. The molecular weight excluding hydrogens is 476 g/mol. The van der Waals surface area contributed by atoms with Gasteiger partial charge in [0.15, 0.2) is 11.6 Å². The smallest absolute Gasteiger partial charge is 0.182 e. The minimum atomic E-state index is 0.148. The SMILES string of the molecule is C=CC[C@@H]1C=CC(=O)/C1=C/C=C/CCCCC.C=CC[C@H]1/C(=C\C=C\CCCCC)C(=O)[C@H]2[C@@H]1[C@H]1C=C[C@@H]2C1. The lowest BCUT2D eigenvalue weighted by Gasteiger charge is -2.23. The minimum Gasteiger partial charge on any atom is -0.294 e. The summed E-state index contributed by atoms with van der Waals surface area (Å²) in [5.41, 5.74) is 1.97. The normalized spacial score (nSPS) is 30.7. The monoisotopic (exact) mass is 526 g/mol. The molecule has 4 aliphatic rings. The largest absolute Gasteiger partial charge is 0.294 e. The van der Waals surface area contributed by atoms with Crippen LogP contribution in [-0.4, -0.2) is 11.6 Å². The van der Waals surface area contributed by atoms with Gasteiger partial charge in [-0.1, -0.05) is 106 Å². The molecule has 2 nitrogen and oxygen atoms in total. The van der Waals surface area contributed by atoms with Crippen molar-refractivity contribution in [2.45, 2.75) is 84.5 Å². The Morgan fingerprint density at radius 2 is 1.41 bits per heavy atom. The maximum atomic E-state index is 12.9. The number of hydrogen-bond acceptors (Lipinski definition) is 2. The summed E-state index contributed by atoms with van der Waals surface area (Å²) < 4.78 is 0. The van der Waals surface area contributed by atoms with Crippen LogP contribution in [0.3, 0.4) is 0 Å². The van der Waals surface area contributed by atoms with Crippen molar-refractivity contribution in [3.05, 3.63) is 97.2 Å². The quantitative estimate of drug-likeness (QED) is 0.128. The van der Waals surface area contributed by atoms with Gasteiger partial charge in [-0.15, -0.1) is 13.2 Å². The third-order valence-corrected chi connectivity index (χ3v) is 8.75. The van der Waals surface area contributed by atoms with Gasteiger partial charge in [-0.2, -0.15) is 0 Å². The van der Waals surface area contributed by atoms with Crippen LogP contribution >= 0.6 is 0 Å². The standard InChI is InChI=1S/C21H28O.C16H22O/c1-3-5-6-7-8-9-11-18-17(10-4-2)19-15-12-13-16(14-15)20(19)21(18)22;1-3-5-6-7-8-9-11-15-14(10-4-2)12-13-16(15)17/h4,8-9,11-13,15-17,19-20H,2-3,5-7,10,14H2,1H3;4,8-9,11-14H,2-3,5-7,10H2,1H3/b9-8+,18-11+;9-8+,15-11+/t15-,16+,17-,19+,20+;14-/m01/s1. The molecule has 0 heterocycles. The lowest BCUT2D eigenvalue weighted by Crippen LogP contribution is -2.21. The molecule has 0 aromatic carbocycles. The Hall–Kier alpha value is -2.74. The topological polar surface area (TPSA) is 34.1 Å². The van der Waals surface area contributed by atoms with Gasteiger partial charge in [0, 0.05) is 17.4 Å². The molecule has 210 valence electrons. The lowest BCUT2D eigenvalue weighted by molar-refractivity contribution is -0.119. The highest BCUT2D eigenvalue weighted by Crippen LogP contribution is 2.58. The Bertz CT molecular complexity index is 1030. The fourth-order valence-electron chi connectivity index (χ4n) is 6.77. The summed E-state index contributed by atoms with van der Waals surface area (Å²) in [5.74, 6) is 3.15. The van der Waals surface area contributed by atoms with Crippen LogP contribution in [0.4, 0.5) is 0 Å². The van der Waals surface area contributed by atoms with Crippen LogP contribution in [-0.2, 0) is 9.59 Å². The Kier molecular flexibility index (Phi) is 12.9. The summed E-state index contributed by atoms with van der Waals surface area (Å²) in [6, 6.07) is 0. The molecule has 4 rings (SSSR count). The summed E-state index contributed by atoms with van der Waals surface area (Å²) >= 11 is 0. The zero-order valence-electron chi connectivity index (χ0n) is 24.4. The van der Waals surface area contributed by atoms with Gasteiger partial charge in [0.2, 0.25) is 0 Å². The van der Waals surface area contributed by atoms with Crippen LogP contribution in [0.15, 0.2) is 97.2 Å². The van der Waals surface area contributed by atoms with E-state index >= 15 is 0 Å². The molecule has 2 fully saturated rings. The second-order valence-electron chi connectivity index (χ2n) is 11.5. The van der Waals surface area contributed by atoms with Crippen molar-refractivity contribution in [2.75, 3.05) is 0 Å². The predicted molar refractivity (Wildman–Crippen MR) is 166 cm³/mol. The number of rotatable bonds is 14. The van der Waals surface area contributed by atoms with E-state index in [9.17, 15) is 9.59 Å². The van der Waals surface area contributed by atoms with Crippen molar-refractivity contribution >= 4 is 11.6 Å². The molecule has 2 heteroatoms. The number of fused-ring (bicyclic) bond motifs is 5. The van der Waals surface area contributed by atoms with E-state index in [0.717, 1.165) is 36.8 Å². The number of carbonyl (C=O) groups is 2. The summed E-state index contributed by atoms with van der Waals surface area (Å²) in [5, 5.41) is 0. The number of unbranched alkanes of at least 4 members (excludes halogenated alkanes) is 6. The Morgan fingerprint density at radius 3 is 2.03 bits per heavy atom. The molecule has 4 aliphatic carbocycles. The Morgan fingerprint density at radius 1 is 0.795 bits per heavy atom. The predicted octanol–water partition coefficient (Wildman–Crippen LogP) is 9.64. The highest BCUT2D eigenvalue weighted by molar-refractivity contribution is 6.07. The Labute approximate surface area is 238 Å². The van der Waals surface area contributed by atoms with Crippen LogP contribution in [0.25, 0.3) is 0 Å². The van der Waals surface area contributed by atoms with Gasteiger partial charge in [-0.25, -0.2) is 0 Å². The first-order chi connectivity index (χ1) is 19.1. The molecule has 6 atom stereocenters. The zero-order valence-corrected chi connectivity index (χ0v) is 24.4. The van der Waals surface area contributed by atoms with Crippen LogP contribution in [0.5, 0.6) is 0 Å². The van der Waals surface area contributed by atoms with E-state index in [4.69, 9.17) is 0 Å². The number of ketones is 2. The molecule has 0 aromatic heterocycles. The minimum absolute atomic E-state index is 0.148. The molecular formula is C37H50O2. The Balaban J connectivity index is 0.000000224. The van der Waals surface area contributed by atoms with Crippen LogP contribution in [0.1, 0.15) is 84.5 Å². The zero-order chi connectivity index (χ0) is 28.0. The number of allylic oxidation sites excluding steroid dienone is 14. The van der Waals surface area contributed by atoms with Crippen molar-refractivity contribution < 1.29 is 9.59 Å². The van der Waals surface area contributed by atoms with Gasteiger partial charge in [0.25, 0.3) is 0 Å². The first-order valence-electron chi connectivity index (χ1n) is 15.5. The van der Waals surface area contributed by atoms with Crippen molar-refractivity contribution in [1.29, 1.82) is 0 Å². The van der Waals surface area contributed by atoms with Crippen molar-refractivity contribution in [3.63, 3.8) is 0 Å². The average Bonchev–Trinajstić information content (AvgIpc) is 3.70. The van der Waals surface area contributed by atoms with E-state index < -0.39 is 0 Å². The van der Waals surface area contributed by atoms with E-state index in [0.29, 0.717) is 29.5 Å². The highest BCUT2D eigenvalue weighted by atomic mass is 16.1. The van der Waals surface area contributed by atoms with Gasteiger partial charge in [0.05, 0.1) is 0 Å². The summed E-state index contributed by atoms with van der Waals surface area (Å²) in [6.07, 6.45) is 37.5. The molecule has 0 radical (unpaired) electrons. The summed E-state index contributed by atoms with van der Waals surface area (Å²) in [6.45, 7) is 12.1. The second-order valence-corrected chi connectivity index (χ2v) is 11.5. The third-order valence-electron chi connectivity index (χ3n) is 8.75. The van der Waals surface area contributed by atoms with E-state index in [2.05, 4.69) is 63.5 Å². The van der Waals surface area contributed by atoms with Crippen molar-refractivity contribution in [1.82, 2.24) is 0 Å². The van der Waals surface area contributed by atoms with Crippen molar-refractivity contribution in [3.8, 4) is 0 Å². The lowest BCUT2D eigenvalue weighted by atomic mass is 9.79. The molecule has 0 aliphatic heterocycles. The van der Waals surface area contributed by atoms with Gasteiger partial charge in [-0.3, -0.25) is 9.59 Å². The van der Waals surface area contributed by atoms with Crippen LogP contribution < -0.4 is 0 Å². The molecule has 2 bridgehead atoms. The second kappa shape index (κ2) is 16.4. The van der Waals surface area contributed by atoms with Gasteiger partial charge in [-0.05, 0) is 80.3 Å². The molecule has 0 N–H and O–H groups in total. The maximum Gasteiger partial charge on any atom is 0.182 e. The van der Waals surface area contributed by atoms with Gasteiger partial charge < -0.3 is 0 Å². The molecule has 0 saturated heterocycles. The maximum absolute atomic E-state index is 12.9. The van der Waals surface area contributed by atoms with Crippen molar-refractivity contribution in [2.24, 2.45) is 35.5 Å². The molecule has 0 spiro atoms. The van der Waals surface area contributed by atoms with E-state index in [-0.39, 0.29) is 17.6 Å². The molecule has 0 unspecified atom stereocenters. The first-order valence-corrected chi connectivity index (χ1v) is 15.5. The van der Waals surface area contributed by atoms with E-state index in [1.807, 2.05) is 30.4 Å². The first kappa shape index (κ1) is 30.8.